The first-order chi connectivity index (χ1) is 19.2. The second-order valence-electron chi connectivity index (χ2n) is 10.8. The van der Waals surface area contributed by atoms with Gasteiger partial charge in [-0.1, -0.05) is 68.0 Å². The van der Waals surface area contributed by atoms with Crippen molar-refractivity contribution in [3.05, 3.63) is 101 Å². The zero-order chi connectivity index (χ0) is 28.7. The van der Waals surface area contributed by atoms with Crippen LogP contribution in [0, 0.1) is 13.8 Å². The number of aryl methyl sites for hydroxylation is 2. The van der Waals surface area contributed by atoms with Crippen LogP contribution in [0.2, 0.25) is 0 Å². The molecule has 0 fully saturated rings. The molecule has 0 saturated heterocycles. The Labute approximate surface area is 239 Å². The first kappa shape index (κ1) is 27.8. The molecule has 1 aliphatic heterocycles. The molecule has 1 aliphatic rings. The summed E-state index contributed by atoms with van der Waals surface area (Å²) in [5.41, 5.74) is 7.43. The van der Waals surface area contributed by atoms with E-state index in [1.807, 2.05) is 25.1 Å². The van der Waals surface area contributed by atoms with E-state index in [-0.39, 0.29) is 12.2 Å². The smallest absolute Gasteiger partial charge is 0.338 e. The maximum atomic E-state index is 14.2. The Hall–Kier alpha value is -3.71. The SMILES string of the molecule is CCCn1c(C)c(/C=c2\sc3n(c2=O)[C@@H](c2ccc(C(C)C)cc2)C(C(=O)OCC)=C(C)N=3)c2cc(C)ccc21. The van der Waals surface area contributed by atoms with Crippen LogP contribution in [-0.2, 0) is 16.1 Å². The number of hydrogen-bond acceptors (Lipinski definition) is 5. The summed E-state index contributed by atoms with van der Waals surface area (Å²) in [6.07, 6.45) is 3.03. The monoisotopic (exact) mass is 555 g/mol. The van der Waals surface area contributed by atoms with E-state index in [0.29, 0.717) is 26.5 Å². The number of aromatic nitrogens is 2. The number of allylic oxidation sites excluding steroid dienone is 1. The summed E-state index contributed by atoms with van der Waals surface area (Å²) in [7, 11) is 0. The molecule has 1 atom stereocenters. The number of nitrogens with zero attached hydrogens (tertiary/aromatic N) is 3. The molecule has 4 aromatic rings. The molecule has 0 aliphatic carbocycles. The predicted octanol–water partition coefficient (Wildman–Crippen LogP) is 5.90. The molecule has 0 N–H and O–H groups in total. The maximum absolute atomic E-state index is 14.2. The number of hydrogen-bond donors (Lipinski definition) is 0. The lowest BCUT2D eigenvalue weighted by Gasteiger charge is -2.25. The molecule has 6 nitrogen and oxygen atoms in total. The minimum Gasteiger partial charge on any atom is -0.463 e. The minimum absolute atomic E-state index is 0.153. The minimum atomic E-state index is -0.608. The van der Waals surface area contributed by atoms with Crippen LogP contribution in [0.5, 0.6) is 0 Å². The Kier molecular flexibility index (Phi) is 7.69. The highest BCUT2D eigenvalue weighted by Gasteiger charge is 2.33. The van der Waals surface area contributed by atoms with E-state index in [1.165, 1.54) is 28.0 Å². The van der Waals surface area contributed by atoms with Gasteiger partial charge in [-0.15, -0.1) is 0 Å². The van der Waals surface area contributed by atoms with Gasteiger partial charge in [-0.05, 0) is 69.4 Å². The van der Waals surface area contributed by atoms with E-state index >= 15 is 0 Å². The van der Waals surface area contributed by atoms with E-state index in [4.69, 9.17) is 9.73 Å². The topological polar surface area (TPSA) is 65.6 Å². The van der Waals surface area contributed by atoms with Gasteiger partial charge in [0.1, 0.15) is 0 Å². The van der Waals surface area contributed by atoms with Gasteiger partial charge in [0, 0.05) is 28.7 Å². The van der Waals surface area contributed by atoms with Gasteiger partial charge in [-0.3, -0.25) is 9.36 Å². The summed E-state index contributed by atoms with van der Waals surface area (Å²) in [5, 5.41) is 1.14. The molecule has 2 aromatic carbocycles. The molecule has 0 radical (unpaired) electrons. The molecule has 0 unspecified atom stereocenters. The van der Waals surface area contributed by atoms with Crippen molar-refractivity contribution in [2.45, 2.75) is 73.4 Å². The van der Waals surface area contributed by atoms with Crippen molar-refractivity contribution in [3.8, 4) is 0 Å². The second kappa shape index (κ2) is 11.0. The van der Waals surface area contributed by atoms with E-state index < -0.39 is 12.0 Å². The maximum Gasteiger partial charge on any atom is 0.338 e. The second-order valence-corrected chi connectivity index (χ2v) is 11.8. The third kappa shape index (κ3) is 4.77. The molecule has 40 heavy (non-hydrogen) atoms. The Morgan fingerprint density at radius 1 is 1.10 bits per heavy atom. The number of thiazole rings is 1. The number of carbonyl (C=O) groups excluding carboxylic acids is 1. The fourth-order valence-corrected chi connectivity index (χ4v) is 6.65. The highest BCUT2D eigenvalue weighted by molar-refractivity contribution is 7.07. The third-order valence-corrected chi connectivity index (χ3v) is 8.67. The fourth-order valence-electron chi connectivity index (χ4n) is 5.62. The summed E-state index contributed by atoms with van der Waals surface area (Å²) in [4.78, 5) is 32.7. The highest BCUT2D eigenvalue weighted by Crippen LogP contribution is 2.32. The molecule has 0 amide bonds. The van der Waals surface area contributed by atoms with E-state index in [2.05, 4.69) is 69.5 Å². The van der Waals surface area contributed by atoms with Gasteiger partial charge < -0.3 is 9.30 Å². The van der Waals surface area contributed by atoms with Crippen molar-refractivity contribution in [1.29, 1.82) is 0 Å². The molecule has 5 rings (SSSR count). The molecule has 208 valence electrons. The number of fused-ring (bicyclic) bond motifs is 2. The normalized spacial score (nSPS) is 15.6. The van der Waals surface area contributed by atoms with Gasteiger partial charge >= 0.3 is 5.97 Å². The summed E-state index contributed by atoms with van der Waals surface area (Å²) in [6, 6.07) is 14.1. The summed E-state index contributed by atoms with van der Waals surface area (Å²) in [5.74, 6) is -0.0653. The zero-order valence-corrected chi connectivity index (χ0v) is 25.2. The molecular weight excluding hydrogens is 518 g/mol. The van der Waals surface area contributed by atoms with Crippen molar-refractivity contribution in [2.24, 2.45) is 4.99 Å². The first-order valence-corrected chi connectivity index (χ1v) is 14.9. The van der Waals surface area contributed by atoms with Gasteiger partial charge in [-0.25, -0.2) is 9.79 Å². The molecule has 0 saturated carbocycles. The van der Waals surface area contributed by atoms with E-state index in [1.54, 1.807) is 11.5 Å². The van der Waals surface area contributed by atoms with Crippen LogP contribution in [0.4, 0.5) is 0 Å². The summed E-state index contributed by atoms with van der Waals surface area (Å²) >= 11 is 1.37. The lowest BCUT2D eigenvalue weighted by Crippen LogP contribution is -2.40. The number of ether oxygens (including phenoxy) is 1. The van der Waals surface area contributed by atoms with Gasteiger partial charge in [0.05, 0.1) is 28.5 Å². The van der Waals surface area contributed by atoms with Crippen LogP contribution in [0.25, 0.3) is 17.0 Å². The first-order valence-electron chi connectivity index (χ1n) is 14.0. The van der Waals surface area contributed by atoms with Gasteiger partial charge in [-0.2, -0.15) is 0 Å². The zero-order valence-electron chi connectivity index (χ0n) is 24.4. The largest absolute Gasteiger partial charge is 0.463 e. The molecule has 0 bridgehead atoms. The van der Waals surface area contributed by atoms with Gasteiger partial charge in [0.2, 0.25) is 0 Å². The van der Waals surface area contributed by atoms with Crippen LogP contribution < -0.4 is 14.9 Å². The van der Waals surface area contributed by atoms with Crippen molar-refractivity contribution < 1.29 is 9.53 Å². The average molecular weight is 556 g/mol. The van der Waals surface area contributed by atoms with Gasteiger partial charge in [0.25, 0.3) is 5.56 Å². The average Bonchev–Trinajstić information content (AvgIpc) is 3.36. The van der Waals surface area contributed by atoms with Crippen LogP contribution in [0.3, 0.4) is 0 Å². The van der Waals surface area contributed by atoms with Crippen molar-refractivity contribution in [3.63, 3.8) is 0 Å². The molecular formula is C33H37N3O3S. The molecule has 0 spiro atoms. The molecule has 3 heterocycles. The number of carbonyl (C=O) groups is 1. The lowest BCUT2D eigenvalue weighted by molar-refractivity contribution is -0.139. The molecule has 2 aromatic heterocycles. The number of benzene rings is 2. The van der Waals surface area contributed by atoms with Crippen LogP contribution in [0.15, 0.2) is 63.5 Å². The molecule has 7 heteroatoms. The predicted molar refractivity (Wildman–Crippen MR) is 163 cm³/mol. The number of rotatable bonds is 7. The van der Waals surface area contributed by atoms with Crippen molar-refractivity contribution in [2.75, 3.05) is 6.61 Å². The quantitative estimate of drug-likeness (QED) is 0.267. The standard InChI is InChI=1S/C33H37N3O3S/c1-8-16-35-22(7)25(26-17-20(5)10-15-27(26)35)18-28-31(37)36-30(24-13-11-23(12-14-24)19(3)4)29(32(38)39-9-2)21(6)34-33(36)40-28/h10-15,17-19,30H,8-9,16H2,1-7H3/b28-18-/t30-/m0/s1. The van der Waals surface area contributed by atoms with Crippen LogP contribution in [-0.4, -0.2) is 21.7 Å². The fraction of sp³-hybridized carbons (Fsp3) is 0.364. The Morgan fingerprint density at radius 2 is 1.82 bits per heavy atom. The third-order valence-electron chi connectivity index (χ3n) is 7.69. The lowest BCUT2D eigenvalue weighted by atomic mass is 9.93. The summed E-state index contributed by atoms with van der Waals surface area (Å²) in [6.45, 7) is 15.5. The summed E-state index contributed by atoms with van der Waals surface area (Å²) < 4.78 is 10.0. The van der Waals surface area contributed by atoms with Crippen LogP contribution >= 0.6 is 11.3 Å². The number of esters is 1. The highest BCUT2D eigenvalue weighted by atomic mass is 32.1. The van der Waals surface area contributed by atoms with E-state index in [9.17, 15) is 9.59 Å². The Balaban J connectivity index is 1.75. The van der Waals surface area contributed by atoms with Crippen molar-refractivity contribution >= 4 is 34.3 Å². The van der Waals surface area contributed by atoms with Crippen LogP contribution in [0.1, 0.15) is 80.9 Å². The Morgan fingerprint density at radius 3 is 2.48 bits per heavy atom. The van der Waals surface area contributed by atoms with E-state index in [0.717, 1.165) is 35.2 Å². The van der Waals surface area contributed by atoms with Gasteiger partial charge in [0.15, 0.2) is 4.80 Å². The Bertz CT molecular complexity index is 1820. The van der Waals surface area contributed by atoms with Crippen molar-refractivity contribution in [1.82, 2.24) is 9.13 Å².